The molecule has 1 fully saturated rings. The first-order valence-corrected chi connectivity index (χ1v) is 5.99. The number of rotatable bonds is 4. The monoisotopic (exact) mass is 235 g/mol. The Morgan fingerprint density at radius 3 is 3.00 bits per heavy atom. The number of halogens is 1. The fourth-order valence-corrected chi connectivity index (χ4v) is 2.79. The van der Waals surface area contributed by atoms with Gasteiger partial charge in [0, 0.05) is 35.7 Å². The maximum absolute atomic E-state index is 10.6. The molecule has 0 radical (unpaired) electrons. The van der Waals surface area contributed by atoms with Crippen LogP contribution in [0.25, 0.3) is 0 Å². The molecule has 5 heteroatoms. The molecule has 0 aromatic carbocycles. The van der Waals surface area contributed by atoms with Gasteiger partial charge in [-0.05, 0) is 0 Å². The predicted octanol–water partition coefficient (Wildman–Crippen LogP) is 1.63. The van der Waals surface area contributed by atoms with Gasteiger partial charge in [-0.15, -0.1) is 0 Å². The standard InChI is InChI=1S/C9H14ClNO2S/c1-7(10)5-11-2-3-14-6-8(11)4-9(12)13/h8H,1-6H2,(H,12,13). The van der Waals surface area contributed by atoms with Gasteiger partial charge in [-0.1, -0.05) is 18.2 Å². The van der Waals surface area contributed by atoms with E-state index in [2.05, 4.69) is 11.5 Å². The summed E-state index contributed by atoms with van der Waals surface area (Å²) in [5.41, 5.74) is 0. The second-order valence-electron chi connectivity index (χ2n) is 3.31. The van der Waals surface area contributed by atoms with Crippen LogP contribution < -0.4 is 0 Å². The summed E-state index contributed by atoms with van der Waals surface area (Å²) in [6.45, 7) is 5.13. The highest BCUT2D eigenvalue weighted by Gasteiger charge is 2.24. The molecule has 80 valence electrons. The van der Waals surface area contributed by atoms with E-state index in [1.807, 2.05) is 0 Å². The van der Waals surface area contributed by atoms with Crippen LogP contribution in [-0.2, 0) is 4.79 Å². The zero-order chi connectivity index (χ0) is 10.6. The van der Waals surface area contributed by atoms with Crippen LogP contribution >= 0.6 is 23.4 Å². The van der Waals surface area contributed by atoms with E-state index in [0.29, 0.717) is 11.6 Å². The van der Waals surface area contributed by atoms with Gasteiger partial charge in [-0.3, -0.25) is 9.69 Å². The SMILES string of the molecule is C=C(Cl)CN1CCSCC1CC(=O)O. The van der Waals surface area contributed by atoms with Gasteiger partial charge in [0.25, 0.3) is 0 Å². The zero-order valence-electron chi connectivity index (χ0n) is 7.91. The van der Waals surface area contributed by atoms with Crippen molar-refractivity contribution in [3.8, 4) is 0 Å². The minimum Gasteiger partial charge on any atom is -0.481 e. The lowest BCUT2D eigenvalue weighted by atomic mass is 10.2. The van der Waals surface area contributed by atoms with E-state index in [0.717, 1.165) is 18.1 Å². The summed E-state index contributed by atoms with van der Waals surface area (Å²) in [6.07, 6.45) is 0.192. The van der Waals surface area contributed by atoms with Crippen LogP contribution in [0, 0.1) is 0 Å². The number of thioether (sulfide) groups is 1. The van der Waals surface area contributed by atoms with Crippen molar-refractivity contribution in [2.24, 2.45) is 0 Å². The number of aliphatic carboxylic acids is 1. The molecule has 1 unspecified atom stereocenters. The molecule has 0 aliphatic carbocycles. The number of hydrogen-bond acceptors (Lipinski definition) is 3. The maximum Gasteiger partial charge on any atom is 0.304 e. The highest BCUT2D eigenvalue weighted by atomic mass is 35.5. The topological polar surface area (TPSA) is 40.5 Å². The number of carbonyl (C=O) groups is 1. The Morgan fingerprint density at radius 2 is 2.43 bits per heavy atom. The molecule has 1 N–H and O–H groups in total. The third kappa shape index (κ3) is 3.90. The number of carboxylic acids is 1. The van der Waals surface area contributed by atoms with Crippen molar-refractivity contribution in [1.29, 1.82) is 0 Å². The Labute approximate surface area is 93.1 Å². The molecule has 1 atom stereocenters. The van der Waals surface area contributed by atoms with Crippen molar-refractivity contribution in [2.45, 2.75) is 12.5 Å². The smallest absolute Gasteiger partial charge is 0.304 e. The van der Waals surface area contributed by atoms with Crippen LogP contribution in [-0.4, -0.2) is 46.6 Å². The Balaban J connectivity index is 2.49. The third-order valence-electron chi connectivity index (χ3n) is 2.13. The minimum absolute atomic E-state index is 0.0988. The van der Waals surface area contributed by atoms with Gasteiger partial charge in [-0.2, -0.15) is 11.8 Å². The molecular weight excluding hydrogens is 222 g/mol. The first-order chi connectivity index (χ1) is 6.59. The van der Waals surface area contributed by atoms with Gasteiger partial charge < -0.3 is 5.11 Å². The van der Waals surface area contributed by atoms with Crippen molar-refractivity contribution >= 4 is 29.3 Å². The lowest BCUT2D eigenvalue weighted by molar-refractivity contribution is -0.138. The molecule has 1 rings (SSSR count). The van der Waals surface area contributed by atoms with Crippen LogP contribution in [0.5, 0.6) is 0 Å². The van der Waals surface area contributed by atoms with E-state index in [1.54, 1.807) is 11.8 Å². The van der Waals surface area contributed by atoms with Gasteiger partial charge in [0.1, 0.15) is 0 Å². The van der Waals surface area contributed by atoms with Crippen LogP contribution in [0.4, 0.5) is 0 Å². The molecule has 0 aromatic heterocycles. The summed E-state index contributed by atoms with van der Waals surface area (Å²) < 4.78 is 0. The summed E-state index contributed by atoms with van der Waals surface area (Å²) in [7, 11) is 0. The molecule has 1 heterocycles. The summed E-state index contributed by atoms with van der Waals surface area (Å²) in [5.74, 6) is 1.17. The Bertz CT molecular complexity index is 211. The second-order valence-corrected chi connectivity index (χ2v) is 5.00. The van der Waals surface area contributed by atoms with Gasteiger partial charge in [0.15, 0.2) is 0 Å². The molecule has 1 saturated heterocycles. The highest BCUT2D eigenvalue weighted by Crippen LogP contribution is 2.20. The molecule has 0 saturated carbocycles. The van der Waals surface area contributed by atoms with Crippen molar-refractivity contribution in [3.05, 3.63) is 11.6 Å². The van der Waals surface area contributed by atoms with Crippen LogP contribution in [0.15, 0.2) is 11.6 Å². The van der Waals surface area contributed by atoms with Crippen LogP contribution in [0.3, 0.4) is 0 Å². The van der Waals surface area contributed by atoms with Crippen molar-refractivity contribution in [1.82, 2.24) is 4.90 Å². The summed E-state index contributed by atoms with van der Waals surface area (Å²) in [5, 5.41) is 9.30. The summed E-state index contributed by atoms with van der Waals surface area (Å²) in [4.78, 5) is 12.7. The molecule has 0 amide bonds. The highest BCUT2D eigenvalue weighted by molar-refractivity contribution is 7.99. The fraction of sp³-hybridized carbons (Fsp3) is 0.667. The first-order valence-electron chi connectivity index (χ1n) is 4.46. The van der Waals surface area contributed by atoms with E-state index in [9.17, 15) is 4.79 Å². The zero-order valence-corrected chi connectivity index (χ0v) is 9.48. The normalized spacial score (nSPS) is 23.4. The number of nitrogens with zero attached hydrogens (tertiary/aromatic N) is 1. The molecule has 0 aromatic rings. The average Bonchev–Trinajstić information content (AvgIpc) is 2.06. The Kier molecular flexibility index (Phi) is 4.78. The van der Waals surface area contributed by atoms with Crippen molar-refractivity contribution in [2.75, 3.05) is 24.6 Å². The number of hydrogen-bond donors (Lipinski definition) is 1. The predicted molar refractivity (Wildman–Crippen MR) is 59.9 cm³/mol. The summed E-state index contributed by atoms with van der Waals surface area (Å²) >= 11 is 7.52. The van der Waals surface area contributed by atoms with E-state index in [1.165, 1.54) is 0 Å². The van der Waals surface area contributed by atoms with E-state index in [-0.39, 0.29) is 12.5 Å². The molecule has 1 aliphatic heterocycles. The van der Waals surface area contributed by atoms with Gasteiger partial charge >= 0.3 is 5.97 Å². The van der Waals surface area contributed by atoms with Gasteiger partial charge in [0.2, 0.25) is 0 Å². The van der Waals surface area contributed by atoms with E-state index in [4.69, 9.17) is 16.7 Å². The quantitative estimate of drug-likeness (QED) is 0.804. The largest absolute Gasteiger partial charge is 0.481 e. The second kappa shape index (κ2) is 5.63. The summed E-state index contributed by atoms with van der Waals surface area (Å²) in [6, 6.07) is 0.0988. The van der Waals surface area contributed by atoms with Crippen molar-refractivity contribution in [3.63, 3.8) is 0 Å². The van der Waals surface area contributed by atoms with Crippen molar-refractivity contribution < 1.29 is 9.90 Å². The number of carboxylic acid groups (broad SMARTS) is 1. The average molecular weight is 236 g/mol. The lowest BCUT2D eigenvalue weighted by Gasteiger charge is -2.34. The third-order valence-corrected chi connectivity index (χ3v) is 3.35. The van der Waals surface area contributed by atoms with E-state index < -0.39 is 5.97 Å². The van der Waals surface area contributed by atoms with Gasteiger partial charge in [-0.25, -0.2) is 0 Å². The molecule has 3 nitrogen and oxygen atoms in total. The molecule has 0 spiro atoms. The van der Waals surface area contributed by atoms with Crippen LogP contribution in [0.2, 0.25) is 0 Å². The molecular formula is C9H14ClNO2S. The Hall–Kier alpha value is -0.190. The maximum atomic E-state index is 10.6. The van der Waals surface area contributed by atoms with E-state index >= 15 is 0 Å². The van der Waals surface area contributed by atoms with Crippen LogP contribution in [0.1, 0.15) is 6.42 Å². The lowest BCUT2D eigenvalue weighted by Crippen LogP contribution is -2.44. The Morgan fingerprint density at radius 1 is 1.71 bits per heavy atom. The van der Waals surface area contributed by atoms with Gasteiger partial charge in [0.05, 0.1) is 6.42 Å². The molecule has 1 aliphatic rings. The first kappa shape index (κ1) is 11.9. The molecule has 14 heavy (non-hydrogen) atoms. The minimum atomic E-state index is -0.748. The fourth-order valence-electron chi connectivity index (χ4n) is 1.51. The molecule has 0 bridgehead atoms.